The maximum Gasteiger partial charge on any atom is 0.363 e. The van der Waals surface area contributed by atoms with Gasteiger partial charge in [0.1, 0.15) is 28.5 Å². The van der Waals surface area contributed by atoms with E-state index in [-0.39, 0.29) is 17.3 Å². The van der Waals surface area contributed by atoms with Gasteiger partial charge >= 0.3 is 11.9 Å². The van der Waals surface area contributed by atoms with Gasteiger partial charge in [-0.2, -0.15) is 0 Å². The van der Waals surface area contributed by atoms with Gasteiger partial charge in [-0.25, -0.2) is 9.79 Å². The molecule has 8 heteroatoms. The Morgan fingerprint density at radius 1 is 1.13 bits per heavy atom. The van der Waals surface area contributed by atoms with Crippen molar-refractivity contribution in [1.29, 1.82) is 0 Å². The fourth-order valence-corrected chi connectivity index (χ4v) is 3.09. The molecule has 0 saturated heterocycles. The van der Waals surface area contributed by atoms with E-state index in [4.69, 9.17) is 18.7 Å². The molecule has 156 valence electrons. The molecular weight excluding hydrogens is 400 g/mol. The highest BCUT2D eigenvalue weighted by molar-refractivity contribution is 6.15. The standard InChI is InChI=1S/C23H18N2O6/c1-13-20(21(25-31-13)15-7-5-4-6-8-15)22-24-18(23(27)30-22)12-16-11-17(28-3)9-10-19(16)29-14(2)26/h4-12H,1-3H3. The zero-order valence-electron chi connectivity index (χ0n) is 17.0. The number of nitrogens with zero attached hydrogens (tertiary/aromatic N) is 2. The molecule has 0 bridgehead atoms. The van der Waals surface area contributed by atoms with Crippen LogP contribution in [0.5, 0.6) is 11.5 Å². The van der Waals surface area contributed by atoms with E-state index < -0.39 is 11.9 Å². The summed E-state index contributed by atoms with van der Waals surface area (Å²) in [4.78, 5) is 28.3. The van der Waals surface area contributed by atoms with Crippen LogP contribution in [0, 0.1) is 6.92 Å². The topological polar surface area (TPSA) is 100 Å². The van der Waals surface area contributed by atoms with Crippen LogP contribution in [0.25, 0.3) is 17.3 Å². The molecule has 0 fully saturated rings. The molecule has 0 N–H and O–H groups in total. The summed E-state index contributed by atoms with van der Waals surface area (Å²) < 4.78 is 21.2. The second-order valence-corrected chi connectivity index (χ2v) is 6.66. The third kappa shape index (κ3) is 4.09. The number of cyclic esters (lactones) is 1. The van der Waals surface area contributed by atoms with Crippen molar-refractivity contribution in [3.05, 3.63) is 71.1 Å². The number of aliphatic imine (C=N–C) groups is 1. The van der Waals surface area contributed by atoms with Gasteiger partial charge < -0.3 is 18.7 Å². The number of esters is 2. The molecule has 0 aliphatic carbocycles. The van der Waals surface area contributed by atoms with Crippen molar-refractivity contribution in [2.45, 2.75) is 13.8 Å². The van der Waals surface area contributed by atoms with E-state index in [0.29, 0.717) is 28.3 Å². The number of rotatable bonds is 5. The van der Waals surface area contributed by atoms with Gasteiger partial charge in [0.25, 0.3) is 0 Å². The molecule has 1 aliphatic rings. The molecule has 4 rings (SSSR count). The quantitative estimate of drug-likeness (QED) is 0.352. The molecule has 1 aliphatic heterocycles. The van der Waals surface area contributed by atoms with E-state index >= 15 is 0 Å². The van der Waals surface area contributed by atoms with Crippen molar-refractivity contribution in [2.75, 3.05) is 7.11 Å². The second kappa shape index (κ2) is 8.27. The summed E-state index contributed by atoms with van der Waals surface area (Å²) in [6.45, 7) is 3.01. The number of methoxy groups -OCH3 is 1. The van der Waals surface area contributed by atoms with Gasteiger partial charge in [-0.1, -0.05) is 35.5 Å². The number of ether oxygens (including phenoxy) is 3. The lowest BCUT2D eigenvalue weighted by Gasteiger charge is -2.08. The number of aryl methyl sites for hydroxylation is 1. The van der Waals surface area contributed by atoms with Crippen LogP contribution in [0.2, 0.25) is 0 Å². The molecule has 8 nitrogen and oxygen atoms in total. The summed E-state index contributed by atoms with van der Waals surface area (Å²) in [6, 6.07) is 14.2. The Labute approximate surface area is 177 Å². The molecule has 1 aromatic heterocycles. The normalized spacial score (nSPS) is 14.4. The lowest BCUT2D eigenvalue weighted by molar-refractivity contribution is -0.132. The number of carbonyl (C=O) groups is 2. The molecule has 0 radical (unpaired) electrons. The highest BCUT2D eigenvalue weighted by atomic mass is 16.6. The zero-order valence-corrected chi connectivity index (χ0v) is 17.0. The van der Waals surface area contributed by atoms with Crippen molar-refractivity contribution in [1.82, 2.24) is 5.16 Å². The number of aromatic nitrogens is 1. The van der Waals surface area contributed by atoms with E-state index in [2.05, 4.69) is 10.1 Å². The van der Waals surface area contributed by atoms with Gasteiger partial charge in [0.15, 0.2) is 5.70 Å². The van der Waals surface area contributed by atoms with Gasteiger partial charge in [-0.3, -0.25) is 4.79 Å². The molecule has 0 amide bonds. The first-order valence-corrected chi connectivity index (χ1v) is 9.37. The van der Waals surface area contributed by atoms with Crippen LogP contribution in [-0.4, -0.2) is 30.1 Å². The number of hydrogen-bond acceptors (Lipinski definition) is 8. The molecule has 2 heterocycles. The summed E-state index contributed by atoms with van der Waals surface area (Å²) in [5, 5.41) is 4.09. The van der Waals surface area contributed by atoms with Crippen LogP contribution < -0.4 is 9.47 Å². The Morgan fingerprint density at radius 2 is 1.90 bits per heavy atom. The molecule has 2 aromatic carbocycles. The fourth-order valence-electron chi connectivity index (χ4n) is 3.09. The first-order chi connectivity index (χ1) is 15.0. The molecule has 0 unspecified atom stereocenters. The predicted molar refractivity (Wildman–Crippen MR) is 112 cm³/mol. The average molecular weight is 418 g/mol. The van der Waals surface area contributed by atoms with Crippen LogP contribution >= 0.6 is 0 Å². The van der Waals surface area contributed by atoms with E-state index in [9.17, 15) is 9.59 Å². The molecular formula is C23H18N2O6. The highest BCUT2D eigenvalue weighted by Gasteiger charge is 2.30. The van der Waals surface area contributed by atoms with E-state index in [1.165, 1.54) is 20.1 Å². The first-order valence-electron chi connectivity index (χ1n) is 9.37. The minimum atomic E-state index is -0.647. The van der Waals surface area contributed by atoms with Crippen LogP contribution in [-0.2, 0) is 14.3 Å². The van der Waals surface area contributed by atoms with Gasteiger partial charge in [0.2, 0.25) is 5.90 Å². The van der Waals surface area contributed by atoms with Crippen LogP contribution in [0.3, 0.4) is 0 Å². The Balaban J connectivity index is 1.77. The van der Waals surface area contributed by atoms with Gasteiger partial charge in [-0.05, 0) is 31.2 Å². The summed E-state index contributed by atoms with van der Waals surface area (Å²) in [5.41, 5.74) is 2.30. The predicted octanol–water partition coefficient (Wildman–Crippen LogP) is 3.93. The number of carbonyl (C=O) groups excluding carboxylic acids is 2. The minimum Gasteiger partial charge on any atom is -0.497 e. The maximum atomic E-state index is 12.5. The van der Waals surface area contributed by atoms with Crippen molar-refractivity contribution < 1.29 is 28.3 Å². The Morgan fingerprint density at radius 3 is 2.61 bits per heavy atom. The second-order valence-electron chi connectivity index (χ2n) is 6.66. The lowest BCUT2D eigenvalue weighted by atomic mass is 10.1. The third-order valence-electron chi connectivity index (χ3n) is 4.51. The average Bonchev–Trinajstić information content (AvgIpc) is 3.31. The number of hydrogen-bond donors (Lipinski definition) is 0. The fraction of sp³-hybridized carbons (Fsp3) is 0.130. The van der Waals surface area contributed by atoms with E-state index in [1.54, 1.807) is 25.1 Å². The van der Waals surface area contributed by atoms with Gasteiger partial charge in [-0.15, -0.1) is 0 Å². The third-order valence-corrected chi connectivity index (χ3v) is 4.51. The Kier molecular flexibility index (Phi) is 5.36. The summed E-state index contributed by atoms with van der Waals surface area (Å²) in [7, 11) is 1.51. The van der Waals surface area contributed by atoms with Crippen molar-refractivity contribution in [3.63, 3.8) is 0 Å². The zero-order chi connectivity index (χ0) is 22.0. The van der Waals surface area contributed by atoms with Crippen LogP contribution in [0.1, 0.15) is 23.8 Å². The van der Waals surface area contributed by atoms with Crippen LogP contribution in [0.15, 0.2) is 63.7 Å². The summed E-state index contributed by atoms with van der Waals surface area (Å²) >= 11 is 0. The summed E-state index contributed by atoms with van der Waals surface area (Å²) in [5.74, 6) is 0.212. The highest BCUT2D eigenvalue weighted by Crippen LogP contribution is 2.31. The van der Waals surface area contributed by atoms with Crippen molar-refractivity contribution in [3.8, 4) is 22.8 Å². The molecule has 31 heavy (non-hydrogen) atoms. The molecule has 0 atom stereocenters. The lowest BCUT2D eigenvalue weighted by Crippen LogP contribution is -2.07. The van der Waals surface area contributed by atoms with Gasteiger partial charge in [0, 0.05) is 18.1 Å². The molecule has 0 saturated carbocycles. The van der Waals surface area contributed by atoms with Gasteiger partial charge in [0.05, 0.1) is 7.11 Å². The van der Waals surface area contributed by atoms with Crippen LogP contribution in [0.4, 0.5) is 0 Å². The molecule has 3 aromatic rings. The first kappa shape index (κ1) is 20.1. The monoisotopic (exact) mass is 418 g/mol. The summed E-state index contributed by atoms with van der Waals surface area (Å²) in [6.07, 6.45) is 1.47. The number of benzene rings is 2. The minimum absolute atomic E-state index is 0.0382. The van der Waals surface area contributed by atoms with Crippen molar-refractivity contribution >= 4 is 23.9 Å². The van der Waals surface area contributed by atoms with E-state index in [1.807, 2.05) is 30.3 Å². The smallest absolute Gasteiger partial charge is 0.363 e. The maximum absolute atomic E-state index is 12.5. The SMILES string of the molecule is COc1ccc(OC(C)=O)c(C=C2N=C(c3c(-c4ccccc4)noc3C)OC2=O)c1. The molecule has 0 spiro atoms. The Hall–Kier alpha value is -4.20. The largest absolute Gasteiger partial charge is 0.497 e. The Bertz CT molecular complexity index is 1220. The van der Waals surface area contributed by atoms with Crippen molar-refractivity contribution in [2.24, 2.45) is 4.99 Å². The van der Waals surface area contributed by atoms with E-state index in [0.717, 1.165) is 5.56 Å².